The molecule has 2 heteroatoms. The van der Waals surface area contributed by atoms with Gasteiger partial charge >= 0.3 is 0 Å². The Morgan fingerprint density at radius 3 is 2.56 bits per heavy atom. The van der Waals surface area contributed by atoms with E-state index in [1.807, 2.05) is 0 Å². The third-order valence-electron chi connectivity index (χ3n) is 5.21. The maximum Gasteiger partial charge on any atom is 0.00818 e. The number of piperidine rings is 1. The molecule has 106 valence electrons. The summed E-state index contributed by atoms with van der Waals surface area (Å²) >= 11 is 0. The smallest absolute Gasteiger partial charge is 0.00818 e. The van der Waals surface area contributed by atoms with Crippen molar-refractivity contribution in [2.75, 3.05) is 19.6 Å². The molecule has 1 aliphatic heterocycles. The molecule has 1 N–H and O–H groups in total. The van der Waals surface area contributed by atoms with Crippen LogP contribution in [0.1, 0.15) is 59.3 Å². The topological polar surface area (TPSA) is 15.3 Å². The minimum Gasteiger partial charge on any atom is -0.311 e. The second kappa shape index (κ2) is 6.91. The zero-order chi connectivity index (χ0) is 13.0. The highest BCUT2D eigenvalue weighted by Crippen LogP contribution is 2.26. The van der Waals surface area contributed by atoms with Crippen LogP contribution < -0.4 is 5.32 Å². The molecule has 0 amide bonds. The van der Waals surface area contributed by atoms with Crippen molar-refractivity contribution in [1.82, 2.24) is 10.2 Å². The average Bonchev–Trinajstić information content (AvgIpc) is 2.41. The van der Waals surface area contributed by atoms with E-state index in [2.05, 4.69) is 31.0 Å². The van der Waals surface area contributed by atoms with Gasteiger partial charge in [0.25, 0.3) is 0 Å². The second-order valence-electron chi connectivity index (χ2n) is 6.71. The van der Waals surface area contributed by atoms with E-state index in [0.717, 1.165) is 17.9 Å². The van der Waals surface area contributed by atoms with Gasteiger partial charge in [-0.05, 0) is 70.4 Å². The molecular weight excluding hydrogens is 220 g/mol. The van der Waals surface area contributed by atoms with Gasteiger partial charge in [0.1, 0.15) is 0 Å². The fourth-order valence-electron chi connectivity index (χ4n) is 3.72. The Kier molecular flexibility index (Phi) is 5.50. The highest BCUT2D eigenvalue weighted by atomic mass is 15.1. The number of hydrogen-bond donors (Lipinski definition) is 1. The van der Waals surface area contributed by atoms with E-state index >= 15 is 0 Å². The van der Waals surface area contributed by atoms with Crippen molar-refractivity contribution in [3.05, 3.63) is 0 Å². The molecular formula is C16H32N2. The summed E-state index contributed by atoms with van der Waals surface area (Å²) in [5, 5.41) is 3.93. The van der Waals surface area contributed by atoms with Gasteiger partial charge < -0.3 is 10.2 Å². The summed E-state index contributed by atoms with van der Waals surface area (Å²) in [6, 6.07) is 1.51. The van der Waals surface area contributed by atoms with Crippen molar-refractivity contribution >= 4 is 0 Å². The first-order valence-corrected chi connectivity index (χ1v) is 8.17. The van der Waals surface area contributed by atoms with Crippen molar-refractivity contribution in [1.29, 1.82) is 0 Å². The molecule has 0 aromatic rings. The lowest BCUT2D eigenvalue weighted by atomic mass is 9.85. The molecule has 1 saturated heterocycles. The largest absolute Gasteiger partial charge is 0.311 e. The average molecular weight is 252 g/mol. The molecule has 2 unspecified atom stereocenters. The van der Waals surface area contributed by atoms with Gasteiger partial charge in [-0.25, -0.2) is 0 Å². The monoisotopic (exact) mass is 252 g/mol. The van der Waals surface area contributed by atoms with Crippen LogP contribution in [0, 0.1) is 11.8 Å². The first-order chi connectivity index (χ1) is 8.69. The summed E-state index contributed by atoms with van der Waals surface area (Å²) in [5.41, 5.74) is 0. The zero-order valence-corrected chi connectivity index (χ0v) is 12.6. The molecule has 0 spiro atoms. The van der Waals surface area contributed by atoms with Crippen molar-refractivity contribution in [3.8, 4) is 0 Å². The lowest BCUT2D eigenvalue weighted by Gasteiger charge is -2.38. The quantitative estimate of drug-likeness (QED) is 0.826. The second-order valence-corrected chi connectivity index (χ2v) is 6.71. The molecule has 1 heterocycles. The summed E-state index contributed by atoms with van der Waals surface area (Å²) in [7, 11) is 0. The van der Waals surface area contributed by atoms with Gasteiger partial charge in [0.15, 0.2) is 0 Å². The van der Waals surface area contributed by atoms with Crippen LogP contribution in [0.25, 0.3) is 0 Å². The molecule has 0 aromatic heterocycles. The van der Waals surface area contributed by atoms with Crippen molar-refractivity contribution in [2.24, 2.45) is 11.8 Å². The summed E-state index contributed by atoms with van der Waals surface area (Å²) in [6.07, 6.45) is 8.47. The standard InChI is InChI=1S/C16H32N2/c1-4-18-11-5-6-15(12-18)14(3)17-16-9-7-13(2)8-10-16/h13-17H,4-12H2,1-3H3. The number of hydrogen-bond acceptors (Lipinski definition) is 2. The van der Waals surface area contributed by atoms with E-state index in [0.29, 0.717) is 6.04 Å². The highest BCUT2D eigenvalue weighted by molar-refractivity contribution is 4.84. The molecule has 2 fully saturated rings. The third-order valence-corrected chi connectivity index (χ3v) is 5.21. The van der Waals surface area contributed by atoms with Crippen LogP contribution in [-0.4, -0.2) is 36.6 Å². The summed E-state index contributed by atoms with van der Waals surface area (Å²) in [4.78, 5) is 2.62. The van der Waals surface area contributed by atoms with Gasteiger partial charge in [-0.1, -0.05) is 13.8 Å². The van der Waals surface area contributed by atoms with Crippen molar-refractivity contribution < 1.29 is 0 Å². The normalized spacial score (nSPS) is 36.5. The SMILES string of the molecule is CCN1CCCC(C(C)NC2CCC(C)CC2)C1. The van der Waals surface area contributed by atoms with Crippen LogP contribution in [0.4, 0.5) is 0 Å². The minimum atomic E-state index is 0.706. The molecule has 1 aliphatic carbocycles. The van der Waals surface area contributed by atoms with E-state index in [-0.39, 0.29) is 0 Å². The summed E-state index contributed by atoms with van der Waals surface area (Å²) < 4.78 is 0. The predicted octanol–water partition coefficient (Wildman–Crippen LogP) is 3.28. The van der Waals surface area contributed by atoms with Gasteiger partial charge in [0.05, 0.1) is 0 Å². The molecule has 0 bridgehead atoms. The van der Waals surface area contributed by atoms with Gasteiger partial charge in [-0.15, -0.1) is 0 Å². The molecule has 2 nitrogen and oxygen atoms in total. The first-order valence-electron chi connectivity index (χ1n) is 8.17. The first kappa shape index (κ1) is 14.3. The van der Waals surface area contributed by atoms with Gasteiger partial charge in [-0.3, -0.25) is 0 Å². The van der Waals surface area contributed by atoms with Gasteiger partial charge in [0.2, 0.25) is 0 Å². The third kappa shape index (κ3) is 3.96. The Bertz CT molecular complexity index is 233. The molecule has 0 aromatic carbocycles. The number of likely N-dealkylation sites (tertiary alicyclic amines) is 1. The fourth-order valence-corrected chi connectivity index (χ4v) is 3.72. The van der Waals surface area contributed by atoms with Crippen LogP contribution >= 0.6 is 0 Å². The van der Waals surface area contributed by atoms with Crippen LogP contribution in [0.15, 0.2) is 0 Å². The molecule has 2 aliphatic rings. The minimum absolute atomic E-state index is 0.706. The Morgan fingerprint density at radius 1 is 1.17 bits per heavy atom. The highest BCUT2D eigenvalue weighted by Gasteiger charge is 2.26. The van der Waals surface area contributed by atoms with E-state index in [1.54, 1.807) is 0 Å². The Hall–Kier alpha value is -0.0800. The Labute approximate surface area is 114 Å². The molecule has 1 saturated carbocycles. The number of rotatable bonds is 4. The lowest BCUT2D eigenvalue weighted by Crippen LogP contribution is -2.48. The summed E-state index contributed by atoms with van der Waals surface area (Å²) in [6.45, 7) is 11.0. The van der Waals surface area contributed by atoms with E-state index < -0.39 is 0 Å². The lowest BCUT2D eigenvalue weighted by molar-refractivity contribution is 0.146. The maximum absolute atomic E-state index is 3.93. The zero-order valence-electron chi connectivity index (χ0n) is 12.6. The molecule has 2 atom stereocenters. The van der Waals surface area contributed by atoms with Gasteiger partial charge in [0, 0.05) is 18.6 Å². The summed E-state index contributed by atoms with van der Waals surface area (Å²) in [5.74, 6) is 1.83. The number of nitrogens with zero attached hydrogens (tertiary/aromatic N) is 1. The molecule has 2 rings (SSSR count). The van der Waals surface area contributed by atoms with E-state index in [9.17, 15) is 0 Å². The van der Waals surface area contributed by atoms with E-state index in [1.165, 1.54) is 58.2 Å². The van der Waals surface area contributed by atoms with Crippen LogP contribution in [-0.2, 0) is 0 Å². The predicted molar refractivity (Wildman–Crippen MR) is 78.9 cm³/mol. The molecule has 18 heavy (non-hydrogen) atoms. The fraction of sp³-hybridized carbons (Fsp3) is 1.00. The van der Waals surface area contributed by atoms with Crippen LogP contribution in [0.5, 0.6) is 0 Å². The van der Waals surface area contributed by atoms with E-state index in [4.69, 9.17) is 0 Å². The Morgan fingerprint density at radius 2 is 1.89 bits per heavy atom. The van der Waals surface area contributed by atoms with Crippen molar-refractivity contribution in [2.45, 2.75) is 71.4 Å². The van der Waals surface area contributed by atoms with Crippen LogP contribution in [0.3, 0.4) is 0 Å². The van der Waals surface area contributed by atoms with Crippen molar-refractivity contribution in [3.63, 3.8) is 0 Å². The van der Waals surface area contributed by atoms with Crippen LogP contribution in [0.2, 0.25) is 0 Å². The Balaban J connectivity index is 1.75. The van der Waals surface area contributed by atoms with Gasteiger partial charge in [-0.2, -0.15) is 0 Å². The maximum atomic E-state index is 3.93. The molecule has 0 radical (unpaired) electrons. The number of nitrogens with one attached hydrogen (secondary N) is 1.